The molecule has 0 radical (unpaired) electrons. The number of alkyl halides is 3. The number of hydrogen-bond acceptors (Lipinski definition) is 5. The van der Waals surface area contributed by atoms with Crippen LogP contribution in [0.2, 0.25) is 0 Å². The number of nitrogens with one attached hydrogen (secondary N) is 1. The Morgan fingerprint density at radius 2 is 2.07 bits per heavy atom. The van der Waals surface area contributed by atoms with Gasteiger partial charge in [-0.2, -0.15) is 23.4 Å². The quantitative estimate of drug-likeness (QED) is 0.511. The predicted octanol–water partition coefficient (Wildman–Crippen LogP) is 4.18. The molecule has 1 amide bonds. The number of carbonyl (C=O) groups excluding carboxylic acids is 1. The first kappa shape index (κ1) is 20.1. The minimum atomic E-state index is -4.66. The molecule has 1 N–H and O–H groups in total. The van der Waals surface area contributed by atoms with E-state index in [9.17, 15) is 18.0 Å². The zero-order chi connectivity index (χ0) is 21.5. The van der Waals surface area contributed by atoms with Gasteiger partial charge in [0.25, 0.3) is 5.91 Å². The lowest BCUT2D eigenvalue weighted by Gasteiger charge is -2.11. The highest BCUT2D eigenvalue weighted by Crippen LogP contribution is 2.33. The topological polar surface area (TPSA) is 77.1 Å². The van der Waals surface area contributed by atoms with Gasteiger partial charge in [-0.3, -0.25) is 9.48 Å². The van der Waals surface area contributed by atoms with Gasteiger partial charge in [0.1, 0.15) is 0 Å². The Balaban J connectivity index is 1.69. The van der Waals surface area contributed by atoms with Crippen molar-refractivity contribution in [2.75, 3.05) is 0 Å². The Morgan fingerprint density at radius 1 is 1.27 bits per heavy atom. The third kappa shape index (κ3) is 3.80. The van der Waals surface area contributed by atoms with Gasteiger partial charge in [0.2, 0.25) is 0 Å². The second kappa shape index (κ2) is 7.56. The molecule has 1 atom stereocenters. The van der Waals surface area contributed by atoms with Crippen LogP contribution in [0.5, 0.6) is 0 Å². The zero-order valence-electron chi connectivity index (χ0n) is 16.0. The van der Waals surface area contributed by atoms with Crippen molar-refractivity contribution in [2.45, 2.75) is 32.6 Å². The van der Waals surface area contributed by atoms with Crippen LogP contribution in [0.25, 0.3) is 16.2 Å². The van der Waals surface area contributed by atoms with Gasteiger partial charge in [-0.05, 0) is 37.4 Å². The third-order valence-corrected chi connectivity index (χ3v) is 5.39. The highest BCUT2D eigenvalue weighted by atomic mass is 32.1. The average Bonchev–Trinajstić information content (AvgIpc) is 3.46. The summed E-state index contributed by atoms with van der Waals surface area (Å²) in [6, 6.07) is 6.94. The van der Waals surface area contributed by atoms with Crippen LogP contribution >= 0.6 is 11.3 Å². The van der Waals surface area contributed by atoms with Crippen LogP contribution in [-0.4, -0.2) is 30.3 Å². The van der Waals surface area contributed by atoms with Crippen molar-refractivity contribution in [1.29, 1.82) is 0 Å². The van der Waals surface area contributed by atoms with Crippen LogP contribution in [0.1, 0.15) is 41.8 Å². The van der Waals surface area contributed by atoms with E-state index in [0.29, 0.717) is 21.6 Å². The fourth-order valence-corrected chi connectivity index (χ4v) is 3.65. The van der Waals surface area contributed by atoms with E-state index in [-0.39, 0.29) is 17.0 Å². The Kier molecular flexibility index (Phi) is 5.06. The molecule has 0 fully saturated rings. The molecule has 30 heavy (non-hydrogen) atoms. The average molecular weight is 434 g/mol. The summed E-state index contributed by atoms with van der Waals surface area (Å²) in [5.41, 5.74) is -0.387. The first-order valence-electron chi connectivity index (χ1n) is 9.12. The maximum Gasteiger partial charge on any atom is 0.433 e. The van der Waals surface area contributed by atoms with Gasteiger partial charge in [0.05, 0.1) is 22.3 Å². The molecule has 4 aromatic heterocycles. The number of nitrogens with zero attached hydrogens (tertiary/aromatic N) is 5. The van der Waals surface area contributed by atoms with E-state index in [1.807, 2.05) is 6.92 Å². The van der Waals surface area contributed by atoms with Crippen molar-refractivity contribution >= 4 is 22.9 Å². The molecule has 11 heteroatoms. The largest absolute Gasteiger partial charge is 0.433 e. The van der Waals surface area contributed by atoms with Crippen LogP contribution in [0, 0.1) is 0 Å². The number of rotatable bonds is 5. The van der Waals surface area contributed by atoms with Crippen molar-refractivity contribution < 1.29 is 18.0 Å². The van der Waals surface area contributed by atoms with Gasteiger partial charge in [-0.1, -0.05) is 6.07 Å². The molecule has 1 unspecified atom stereocenters. The number of amides is 1. The van der Waals surface area contributed by atoms with Gasteiger partial charge < -0.3 is 5.32 Å². The van der Waals surface area contributed by atoms with E-state index < -0.39 is 23.8 Å². The Hall–Kier alpha value is -3.21. The van der Waals surface area contributed by atoms with E-state index in [4.69, 9.17) is 0 Å². The molecule has 0 saturated heterocycles. The highest BCUT2D eigenvalue weighted by Gasteiger charge is 2.35. The Bertz CT molecular complexity index is 1200. The van der Waals surface area contributed by atoms with Crippen LogP contribution in [0.15, 0.2) is 41.9 Å². The van der Waals surface area contributed by atoms with Gasteiger partial charge in [0, 0.05) is 18.8 Å². The molecule has 0 aliphatic carbocycles. The Labute approximate surface area is 173 Å². The van der Waals surface area contributed by atoms with Crippen LogP contribution in [0.3, 0.4) is 0 Å². The van der Waals surface area contributed by atoms with E-state index in [1.165, 1.54) is 17.4 Å². The number of aryl methyl sites for hydroxylation is 1. The summed E-state index contributed by atoms with van der Waals surface area (Å²) >= 11 is 1.28. The summed E-state index contributed by atoms with van der Waals surface area (Å²) in [6.07, 6.45) is -2.87. The van der Waals surface area contributed by atoms with E-state index in [1.54, 1.807) is 41.4 Å². The standard InChI is InChI=1S/C19H17F3N6OS/c1-3-27-7-6-12(25-27)11(2)23-18(29)14-10-17-24-13(15-5-4-8-30-15)9-16(19(20,21)22)28(17)26-14/h4-11H,3H2,1-2H3,(H,23,29). The number of aromatic nitrogens is 5. The number of fused-ring (bicyclic) bond motifs is 1. The van der Waals surface area contributed by atoms with E-state index >= 15 is 0 Å². The molecular formula is C19H17F3N6OS. The minimum absolute atomic E-state index is 0.0544. The summed E-state index contributed by atoms with van der Waals surface area (Å²) in [4.78, 5) is 17.5. The van der Waals surface area contributed by atoms with Crippen molar-refractivity contribution in [1.82, 2.24) is 29.7 Å². The lowest BCUT2D eigenvalue weighted by Crippen LogP contribution is -2.27. The molecule has 4 rings (SSSR count). The lowest BCUT2D eigenvalue weighted by atomic mass is 10.2. The molecular weight excluding hydrogens is 417 g/mol. The number of halogens is 3. The molecule has 4 aromatic rings. The maximum atomic E-state index is 13.6. The van der Waals surface area contributed by atoms with Crippen molar-refractivity contribution in [3.8, 4) is 10.6 Å². The van der Waals surface area contributed by atoms with Crippen LogP contribution in [0.4, 0.5) is 13.2 Å². The van der Waals surface area contributed by atoms with Gasteiger partial charge in [-0.25, -0.2) is 9.50 Å². The molecule has 156 valence electrons. The normalized spacial score (nSPS) is 13.0. The molecule has 0 aliphatic heterocycles. The summed E-state index contributed by atoms with van der Waals surface area (Å²) in [5.74, 6) is -0.607. The fraction of sp³-hybridized carbons (Fsp3) is 0.263. The van der Waals surface area contributed by atoms with Crippen molar-refractivity contribution in [3.63, 3.8) is 0 Å². The number of hydrogen-bond donors (Lipinski definition) is 1. The molecule has 4 heterocycles. The van der Waals surface area contributed by atoms with E-state index in [0.717, 1.165) is 6.07 Å². The second-order valence-corrected chi connectivity index (χ2v) is 7.54. The van der Waals surface area contributed by atoms with Gasteiger partial charge in [0.15, 0.2) is 17.0 Å². The fourth-order valence-electron chi connectivity index (χ4n) is 2.97. The molecule has 0 bridgehead atoms. The summed E-state index contributed by atoms with van der Waals surface area (Å²) in [7, 11) is 0. The smallest absolute Gasteiger partial charge is 0.342 e. The monoisotopic (exact) mass is 434 g/mol. The summed E-state index contributed by atoms with van der Waals surface area (Å²) < 4.78 is 43.2. The number of carbonyl (C=O) groups is 1. The summed E-state index contributed by atoms with van der Waals surface area (Å²) in [5, 5.41) is 12.7. The van der Waals surface area contributed by atoms with Crippen molar-refractivity contribution in [2.24, 2.45) is 0 Å². The molecule has 0 aliphatic rings. The lowest BCUT2D eigenvalue weighted by molar-refractivity contribution is -0.142. The Morgan fingerprint density at radius 3 is 2.70 bits per heavy atom. The first-order valence-corrected chi connectivity index (χ1v) is 10.0. The maximum absolute atomic E-state index is 13.6. The third-order valence-electron chi connectivity index (χ3n) is 4.50. The van der Waals surface area contributed by atoms with Gasteiger partial charge in [-0.15, -0.1) is 11.3 Å². The van der Waals surface area contributed by atoms with Crippen LogP contribution < -0.4 is 5.32 Å². The van der Waals surface area contributed by atoms with Crippen LogP contribution in [-0.2, 0) is 12.7 Å². The van der Waals surface area contributed by atoms with Gasteiger partial charge >= 0.3 is 6.18 Å². The first-order chi connectivity index (χ1) is 14.3. The highest BCUT2D eigenvalue weighted by molar-refractivity contribution is 7.13. The zero-order valence-corrected chi connectivity index (χ0v) is 16.8. The second-order valence-electron chi connectivity index (χ2n) is 6.59. The molecule has 7 nitrogen and oxygen atoms in total. The SMILES string of the molecule is CCn1ccc(C(C)NC(=O)c2cc3nc(-c4cccs4)cc(C(F)(F)F)n3n2)n1. The minimum Gasteiger partial charge on any atom is -0.342 e. The predicted molar refractivity (Wildman–Crippen MR) is 105 cm³/mol. The molecule has 0 aromatic carbocycles. The molecule has 0 spiro atoms. The molecule has 0 saturated carbocycles. The van der Waals surface area contributed by atoms with E-state index in [2.05, 4.69) is 20.5 Å². The number of thiophene rings is 1. The van der Waals surface area contributed by atoms with Crippen molar-refractivity contribution in [3.05, 3.63) is 59.0 Å². The summed E-state index contributed by atoms with van der Waals surface area (Å²) in [6.45, 7) is 4.36.